The predicted octanol–water partition coefficient (Wildman–Crippen LogP) is 3.67. The zero-order valence-corrected chi connectivity index (χ0v) is 14.9. The van der Waals surface area contributed by atoms with Gasteiger partial charge >= 0.3 is 6.18 Å². The van der Waals surface area contributed by atoms with E-state index in [2.05, 4.69) is 20.9 Å². The third-order valence-corrected chi connectivity index (χ3v) is 3.76. The van der Waals surface area contributed by atoms with Gasteiger partial charge in [-0.25, -0.2) is 4.68 Å². The van der Waals surface area contributed by atoms with Crippen molar-refractivity contribution in [2.24, 2.45) is 5.10 Å². The molecular weight excluding hydrogens is 375 g/mol. The minimum Gasteiger partial charge on any atom is -0.362 e. The van der Waals surface area contributed by atoms with Gasteiger partial charge in [0.25, 0.3) is 0 Å². The van der Waals surface area contributed by atoms with Crippen LogP contribution in [0.2, 0.25) is 5.15 Å². The number of aryl methyl sites for hydroxylation is 1. The lowest BCUT2D eigenvalue weighted by molar-refractivity contribution is -0.137. The number of hydrazone groups is 1. The molecule has 0 fully saturated rings. The summed E-state index contributed by atoms with van der Waals surface area (Å²) < 4.78 is 39.8. The Balaban J connectivity index is 2.31. The molecular formula is C15H15ClF3N5S. The fourth-order valence-electron chi connectivity index (χ4n) is 2.00. The van der Waals surface area contributed by atoms with E-state index in [-0.39, 0.29) is 10.8 Å². The van der Waals surface area contributed by atoms with Crippen LogP contribution >= 0.6 is 23.8 Å². The van der Waals surface area contributed by atoms with E-state index in [0.29, 0.717) is 22.9 Å². The van der Waals surface area contributed by atoms with Crippen LogP contribution in [0.5, 0.6) is 0 Å². The number of thiocarbonyl (C=S) groups is 1. The average Bonchev–Trinajstić information content (AvgIpc) is 2.82. The monoisotopic (exact) mass is 389 g/mol. The van der Waals surface area contributed by atoms with Crippen molar-refractivity contribution in [3.05, 3.63) is 46.2 Å². The Kier molecular flexibility index (Phi) is 6.02. The Morgan fingerprint density at radius 3 is 2.80 bits per heavy atom. The molecule has 0 unspecified atom stereocenters. The summed E-state index contributed by atoms with van der Waals surface area (Å²) in [6.45, 7) is 4.21. The van der Waals surface area contributed by atoms with E-state index in [9.17, 15) is 13.2 Å². The van der Waals surface area contributed by atoms with Crippen LogP contribution in [0.1, 0.15) is 23.7 Å². The quantitative estimate of drug-likeness (QED) is 0.476. The Morgan fingerprint density at radius 1 is 1.44 bits per heavy atom. The number of hydrogen-bond donors (Lipinski definition) is 2. The van der Waals surface area contributed by atoms with Gasteiger partial charge in [0, 0.05) is 6.54 Å². The molecule has 10 heteroatoms. The molecule has 0 aliphatic rings. The Hall–Kier alpha value is -2.13. The van der Waals surface area contributed by atoms with E-state index < -0.39 is 11.7 Å². The largest absolute Gasteiger partial charge is 0.416 e. The second-order valence-corrected chi connectivity index (χ2v) is 5.75. The normalized spacial score (nSPS) is 11.8. The molecule has 0 atom stereocenters. The van der Waals surface area contributed by atoms with Gasteiger partial charge in [-0.3, -0.25) is 5.43 Å². The molecule has 2 rings (SSSR count). The number of alkyl halides is 3. The van der Waals surface area contributed by atoms with E-state index in [4.69, 9.17) is 23.8 Å². The topological polar surface area (TPSA) is 54.2 Å². The fourth-order valence-corrected chi connectivity index (χ4v) is 2.52. The van der Waals surface area contributed by atoms with E-state index in [1.807, 2.05) is 6.92 Å². The van der Waals surface area contributed by atoms with Crippen molar-refractivity contribution in [1.29, 1.82) is 0 Å². The fraction of sp³-hybridized carbons (Fsp3) is 0.267. The molecule has 0 amide bonds. The van der Waals surface area contributed by atoms with Crippen molar-refractivity contribution < 1.29 is 13.2 Å². The predicted molar refractivity (Wildman–Crippen MR) is 95.3 cm³/mol. The smallest absolute Gasteiger partial charge is 0.362 e. The number of rotatable bonds is 4. The molecule has 2 aromatic rings. The number of hydrogen-bond acceptors (Lipinski definition) is 3. The molecule has 2 N–H and O–H groups in total. The van der Waals surface area contributed by atoms with Crippen LogP contribution in [-0.2, 0) is 6.18 Å². The number of benzene rings is 1. The van der Waals surface area contributed by atoms with Crippen molar-refractivity contribution in [3.63, 3.8) is 0 Å². The Labute approximate surface area is 152 Å². The average molecular weight is 390 g/mol. The summed E-state index contributed by atoms with van der Waals surface area (Å²) in [6.07, 6.45) is -3.03. The van der Waals surface area contributed by atoms with Gasteiger partial charge in [-0.05, 0) is 44.3 Å². The first kappa shape index (κ1) is 19.2. The van der Waals surface area contributed by atoms with Crippen molar-refractivity contribution >= 4 is 35.1 Å². The van der Waals surface area contributed by atoms with Gasteiger partial charge in [-0.2, -0.15) is 23.4 Å². The van der Waals surface area contributed by atoms with Gasteiger partial charge in [0.1, 0.15) is 5.15 Å². The maximum atomic E-state index is 12.9. The van der Waals surface area contributed by atoms with Crippen LogP contribution in [0.15, 0.2) is 29.4 Å². The summed E-state index contributed by atoms with van der Waals surface area (Å²) in [7, 11) is 0. The minimum atomic E-state index is -4.44. The van der Waals surface area contributed by atoms with Crippen molar-refractivity contribution in [1.82, 2.24) is 20.5 Å². The van der Waals surface area contributed by atoms with Crippen LogP contribution < -0.4 is 10.7 Å². The molecule has 0 saturated heterocycles. The van der Waals surface area contributed by atoms with Gasteiger partial charge in [0.05, 0.1) is 28.7 Å². The summed E-state index contributed by atoms with van der Waals surface area (Å²) in [5.74, 6) is 0. The number of nitrogens with zero attached hydrogens (tertiary/aromatic N) is 3. The van der Waals surface area contributed by atoms with Gasteiger partial charge < -0.3 is 5.32 Å². The molecule has 0 aliphatic carbocycles. The zero-order chi connectivity index (χ0) is 18.6. The van der Waals surface area contributed by atoms with Gasteiger partial charge in [-0.15, -0.1) is 0 Å². The highest BCUT2D eigenvalue weighted by Crippen LogP contribution is 2.31. The molecule has 0 bridgehead atoms. The van der Waals surface area contributed by atoms with Gasteiger partial charge in [0.2, 0.25) is 0 Å². The van der Waals surface area contributed by atoms with Crippen LogP contribution in [0.4, 0.5) is 13.2 Å². The molecule has 0 spiro atoms. The van der Waals surface area contributed by atoms with E-state index in [1.165, 1.54) is 23.0 Å². The SMILES string of the molecule is CCNC(=S)N/N=C\c1c(C)nn(-c2cccc(C(F)(F)F)c2)c1Cl. The van der Waals surface area contributed by atoms with Crippen LogP contribution in [0, 0.1) is 6.92 Å². The van der Waals surface area contributed by atoms with Crippen LogP contribution in [0.25, 0.3) is 5.69 Å². The third-order valence-electron chi connectivity index (χ3n) is 3.16. The summed E-state index contributed by atoms with van der Waals surface area (Å²) in [5, 5.41) is 11.5. The lowest BCUT2D eigenvalue weighted by Crippen LogP contribution is -2.31. The van der Waals surface area contributed by atoms with Crippen molar-refractivity contribution in [3.8, 4) is 5.69 Å². The third kappa shape index (κ3) is 4.70. The lowest BCUT2D eigenvalue weighted by Gasteiger charge is -2.09. The van der Waals surface area contributed by atoms with E-state index in [0.717, 1.165) is 12.1 Å². The summed E-state index contributed by atoms with van der Waals surface area (Å²) in [5.41, 5.74) is 3.03. The first-order valence-corrected chi connectivity index (χ1v) is 8.02. The van der Waals surface area contributed by atoms with Crippen LogP contribution in [0.3, 0.4) is 0 Å². The summed E-state index contributed by atoms with van der Waals surface area (Å²) >= 11 is 11.2. The maximum absolute atomic E-state index is 12.9. The summed E-state index contributed by atoms with van der Waals surface area (Å²) in [6, 6.07) is 4.77. The second kappa shape index (κ2) is 7.83. The first-order chi connectivity index (χ1) is 11.7. The summed E-state index contributed by atoms with van der Waals surface area (Å²) in [4.78, 5) is 0. The Bertz CT molecular complexity index is 801. The molecule has 25 heavy (non-hydrogen) atoms. The van der Waals surface area contributed by atoms with Crippen molar-refractivity contribution in [2.75, 3.05) is 6.54 Å². The highest BCUT2D eigenvalue weighted by Gasteiger charge is 2.30. The molecule has 1 heterocycles. The molecule has 0 saturated carbocycles. The minimum absolute atomic E-state index is 0.150. The first-order valence-electron chi connectivity index (χ1n) is 7.23. The maximum Gasteiger partial charge on any atom is 0.416 e. The molecule has 5 nitrogen and oxygen atoms in total. The molecule has 0 radical (unpaired) electrons. The molecule has 1 aromatic heterocycles. The highest BCUT2D eigenvalue weighted by atomic mass is 35.5. The number of aromatic nitrogens is 2. The lowest BCUT2D eigenvalue weighted by atomic mass is 10.2. The van der Waals surface area contributed by atoms with Crippen LogP contribution in [-0.4, -0.2) is 27.7 Å². The van der Waals surface area contributed by atoms with E-state index in [1.54, 1.807) is 6.92 Å². The second-order valence-electron chi connectivity index (χ2n) is 4.98. The molecule has 0 aliphatic heterocycles. The number of nitrogens with one attached hydrogen (secondary N) is 2. The number of halogens is 4. The molecule has 1 aromatic carbocycles. The standard InChI is InChI=1S/C15H15ClF3N5S/c1-3-20-14(25)22-21-8-12-9(2)23-24(13(12)16)11-6-4-5-10(7-11)15(17,18)19/h4-8H,3H2,1-2H3,(H2,20,22,25)/b21-8-. The van der Waals surface area contributed by atoms with E-state index >= 15 is 0 Å². The van der Waals surface area contributed by atoms with Gasteiger partial charge in [0.15, 0.2) is 5.11 Å². The zero-order valence-electron chi connectivity index (χ0n) is 13.4. The van der Waals surface area contributed by atoms with Crippen molar-refractivity contribution in [2.45, 2.75) is 20.0 Å². The van der Waals surface area contributed by atoms with Gasteiger partial charge in [-0.1, -0.05) is 17.7 Å². The molecule has 134 valence electrons. The Morgan fingerprint density at radius 2 is 2.16 bits per heavy atom. The highest BCUT2D eigenvalue weighted by molar-refractivity contribution is 7.80.